The second kappa shape index (κ2) is 10.7. The van der Waals surface area contributed by atoms with Gasteiger partial charge in [-0.2, -0.15) is 0 Å². The van der Waals surface area contributed by atoms with Crippen LogP contribution in [0.4, 0.5) is 0 Å². The van der Waals surface area contributed by atoms with Gasteiger partial charge in [0.1, 0.15) is 12.4 Å². The molecule has 5 nitrogen and oxygen atoms in total. The van der Waals surface area contributed by atoms with Crippen LogP contribution >= 0.6 is 23.2 Å². The average molecular weight is 470 g/mol. The third kappa shape index (κ3) is 5.54. The van der Waals surface area contributed by atoms with Crippen molar-refractivity contribution < 1.29 is 9.47 Å². The second-order valence-corrected chi connectivity index (χ2v) is 8.15. The Kier molecular flexibility index (Phi) is 7.53. The molecule has 0 bridgehead atoms. The van der Waals surface area contributed by atoms with E-state index in [1.807, 2.05) is 61.5 Å². The molecule has 7 heteroatoms. The minimum atomic E-state index is 0.338. The number of para-hydroxylation sites is 2. The number of benzene rings is 3. The lowest BCUT2D eigenvalue weighted by atomic mass is 10.2. The first kappa shape index (κ1) is 22.5. The highest BCUT2D eigenvalue weighted by Gasteiger charge is 2.12. The van der Waals surface area contributed by atoms with Crippen LogP contribution in [0.1, 0.15) is 23.9 Å². The van der Waals surface area contributed by atoms with E-state index in [4.69, 9.17) is 32.7 Å². The van der Waals surface area contributed by atoms with Crippen molar-refractivity contribution in [2.24, 2.45) is 0 Å². The normalized spacial score (nSPS) is 11.1. The predicted octanol–water partition coefficient (Wildman–Crippen LogP) is 6.18. The lowest BCUT2D eigenvalue weighted by Gasteiger charge is -2.15. The van der Waals surface area contributed by atoms with Crippen molar-refractivity contribution in [1.82, 2.24) is 15.3 Å². The summed E-state index contributed by atoms with van der Waals surface area (Å²) in [6, 6.07) is 19.4. The molecule has 0 spiro atoms. The summed E-state index contributed by atoms with van der Waals surface area (Å²) < 4.78 is 11.8. The molecule has 32 heavy (non-hydrogen) atoms. The van der Waals surface area contributed by atoms with Gasteiger partial charge in [0.2, 0.25) is 0 Å². The molecule has 0 radical (unpaired) electrons. The van der Waals surface area contributed by atoms with Gasteiger partial charge < -0.3 is 19.8 Å². The Morgan fingerprint density at radius 1 is 0.906 bits per heavy atom. The molecule has 0 saturated heterocycles. The SMILES string of the molecule is CCOc1cc(CNCCc2nc3ccccc3[nH]2)c(Cl)cc1OCc1ccccc1Cl. The van der Waals surface area contributed by atoms with Crippen LogP contribution < -0.4 is 14.8 Å². The Hall–Kier alpha value is -2.73. The molecule has 0 saturated carbocycles. The molecule has 4 rings (SSSR count). The number of aromatic nitrogens is 2. The van der Waals surface area contributed by atoms with Crippen LogP contribution in [0.5, 0.6) is 11.5 Å². The summed E-state index contributed by atoms with van der Waals surface area (Å²) >= 11 is 12.8. The number of ether oxygens (including phenoxy) is 2. The molecule has 0 aliphatic carbocycles. The van der Waals surface area contributed by atoms with Crippen LogP contribution in [0.2, 0.25) is 10.0 Å². The van der Waals surface area contributed by atoms with Gasteiger partial charge in [-0.1, -0.05) is 53.5 Å². The van der Waals surface area contributed by atoms with Crippen LogP contribution in [-0.2, 0) is 19.6 Å². The molecule has 0 atom stereocenters. The molecular weight excluding hydrogens is 445 g/mol. The maximum Gasteiger partial charge on any atom is 0.163 e. The number of nitrogens with one attached hydrogen (secondary N) is 2. The van der Waals surface area contributed by atoms with E-state index in [9.17, 15) is 0 Å². The number of nitrogens with zero attached hydrogens (tertiary/aromatic N) is 1. The number of aromatic amines is 1. The van der Waals surface area contributed by atoms with E-state index in [0.29, 0.717) is 41.3 Å². The van der Waals surface area contributed by atoms with Crippen molar-refractivity contribution in [3.8, 4) is 11.5 Å². The van der Waals surface area contributed by atoms with Crippen LogP contribution in [0.15, 0.2) is 60.7 Å². The largest absolute Gasteiger partial charge is 0.490 e. The van der Waals surface area contributed by atoms with E-state index in [2.05, 4.69) is 15.3 Å². The van der Waals surface area contributed by atoms with Gasteiger partial charge in [-0.3, -0.25) is 0 Å². The number of halogens is 2. The monoisotopic (exact) mass is 469 g/mol. The zero-order valence-electron chi connectivity index (χ0n) is 17.8. The number of imidazole rings is 1. The molecular formula is C25H25Cl2N3O2. The smallest absolute Gasteiger partial charge is 0.163 e. The summed E-state index contributed by atoms with van der Waals surface area (Å²) in [5, 5.41) is 4.72. The van der Waals surface area contributed by atoms with Gasteiger partial charge in [-0.05, 0) is 36.8 Å². The first-order valence-corrected chi connectivity index (χ1v) is 11.4. The fourth-order valence-electron chi connectivity index (χ4n) is 3.42. The highest BCUT2D eigenvalue weighted by molar-refractivity contribution is 6.31. The molecule has 1 aromatic heterocycles. The van der Waals surface area contributed by atoms with Gasteiger partial charge in [0.05, 0.1) is 17.6 Å². The van der Waals surface area contributed by atoms with Crippen LogP contribution in [-0.4, -0.2) is 23.1 Å². The van der Waals surface area contributed by atoms with Gasteiger partial charge >= 0.3 is 0 Å². The topological polar surface area (TPSA) is 59.2 Å². The van der Waals surface area contributed by atoms with Gasteiger partial charge in [0.15, 0.2) is 11.5 Å². The zero-order valence-corrected chi connectivity index (χ0v) is 19.3. The summed E-state index contributed by atoms with van der Waals surface area (Å²) in [4.78, 5) is 7.96. The minimum Gasteiger partial charge on any atom is -0.490 e. The Morgan fingerprint density at radius 2 is 1.69 bits per heavy atom. The highest BCUT2D eigenvalue weighted by Crippen LogP contribution is 2.34. The van der Waals surface area contributed by atoms with Crippen molar-refractivity contribution in [3.63, 3.8) is 0 Å². The molecule has 0 aliphatic rings. The molecule has 0 fully saturated rings. The number of rotatable bonds is 10. The van der Waals surface area contributed by atoms with Crippen molar-refractivity contribution >= 4 is 34.2 Å². The van der Waals surface area contributed by atoms with E-state index >= 15 is 0 Å². The molecule has 0 amide bonds. The Labute approximate surface area is 197 Å². The molecule has 1 heterocycles. The maximum atomic E-state index is 6.54. The molecule has 0 aliphatic heterocycles. The highest BCUT2D eigenvalue weighted by atomic mass is 35.5. The van der Waals surface area contributed by atoms with E-state index < -0.39 is 0 Å². The quantitative estimate of drug-likeness (QED) is 0.272. The average Bonchev–Trinajstić information content (AvgIpc) is 3.21. The van der Waals surface area contributed by atoms with Crippen molar-refractivity contribution in [2.45, 2.75) is 26.5 Å². The third-order valence-electron chi connectivity index (χ3n) is 5.05. The minimum absolute atomic E-state index is 0.338. The molecule has 0 unspecified atom stereocenters. The first-order chi connectivity index (χ1) is 15.6. The Bertz CT molecular complexity index is 1160. The van der Waals surface area contributed by atoms with Crippen LogP contribution in [0.25, 0.3) is 11.0 Å². The van der Waals surface area contributed by atoms with Gasteiger partial charge in [-0.15, -0.1) is 0 Å². The summed E-state index contributed by atoms with van der Waals surface area (Å²) in [6.45, 7) is 4.20. The van der Waals surface area contributed by atoms with Gasteiger partial charge in [0, 0.05) is 41.2 Å². The first-order valence-electron chi connectivity index (χ1n) is 10.6. The van der Waals surface area contributed by atoms with Crippen LogP contribution in [0, 0.1) is 0 Å². The molecule has 4 aromatic rings. The van der Waals surface area contributed by atoms with E-state index in [-0.39, 0.29) is 0 Å². The molecule has 2 N–H and O–H groups in total. The molecule has 166 valence electrons. The Balaban J connectivity index is 1.37. The Morgan fingerprint density at radius 3 is 2.50 bits per heavy atom. The van der Waals surface area contributed by atoms with E-state index in [1.54, 1.807) is 6.07 Å². The summed E-state index contributed by atoms with van der Waals surface area (Å²) in [7, 11) is 0. The second-order valence-electron chi connectivity index (χ2n) is 7.33. The van der Waals surface area contributed by atoms with Crippen molar-refractivity contribution in [1.29, 1.82) is 0 Å². The fourth-order valence-corrected chi connectivity index (χ4v) is 3.83. The number of H-pyrrole nitrogens is 1. The van der Waals surface area contributed by atoms with Gasteiger partial charge in [-0.25, -0.2) is 4.98 Å². The van der Waals surface area contributed by atoms with Crippen molar-refractivity contribution in [2.75, 3.05) is 13.2 Å². The van der Waals surface area contributed by atoms with E-state index in [0.717, 1.165) is 41.0 Å². The molecule has 3 aromatic carbocycles. The van der Waals surface area contributed by atoms with E-state index in [1.165, 1.54) is 0 Å². The summed E-state index contributed by atoms with van der Waals surface area (Å²) in [5.41, 5.74) is 3.90. The third-order valence-corrected chi connectivity index (χ3v) is 5.77. The number of hydrogen-bond donors (Lipinski definition) is 2. The summed E-state index contributed by atoms with van der Waals surface area (Å²) in [6.07, 6.45) is 0.795. The predicted molar refractivity (Wildman–Crippen MR) is 130 cm³/mol. The lowest BCUT2D eigenvalue weighted by Crippen LogP contribution is -2.17. The van der Waals surface area contributed by atoms with Crippen molar-refractivity contribution in [3.05, 3.63) is 87.7 Å². The maximum absolute atomic E-state index is 6.54. The lowest BCUT2D eigenvalue weighted by molar-refractivity contribution is 0.269. The zero-order chi connectivity index (χ0) is 22.3. The number of hydrogen-bond acceptors (Lipinski definition) is 4. The standard InChI is InChI=1S/C25H25Cl2N3O2/c1-2-31-23-13-18(15-28-12-11-25-29-21-9-5-6-10-22(21)30-25)20(27)14-24(23)32-16-17-7-3-4-8-19(17)26/h3-10,13-14,28H,2,11-12,15-16H2,1H3,(H,29,30). The number of fused-ring (bicyclic) bond motifs is 1. The van der Waals surface area contributed by atoms with Crippen LogP contribution in [0.3, 0.4) is 0 Å². The summed E-state index contributed by atoms with van der Waals surface area (Å²) in [5.74, 6) is 2.23. The van der Waals surface area contributed by atoms with Gasteiger partial charge in [0.25, 0.3) is 0 Å². The fraction of sp³-hybridized carbons (Fsp3) is 0.240.